The van der Waals surface area contributed by atoms with Gasteiger partial charge in [0.1, 0.15) is 11.5 Å². The van der Waals surface area contributed by atoms with Crippen LogP contribution in [0.2, 0.25) is 0 Å². The van der Waals surface area contributed by atoms with Gasteiger partial charge in [-0.1, -0.05) is 6.92 Å². The van der Waals surface area contributed by atoms with Crippen LogP contribution < -0.4 is 5.32 Å². The number of hydrogen-bond acceptors (Lipinski definition) is 3. The summed E-state index contributed by atoms with van der Waals surface area (Å²) in [6, 6.07) is 3.71. The van der Waals surface area contributed by atoms with Crippen molar-refractivity contribution in [2.45, 2.75) is 19.9 Å². The van der Waals surface area contributed by atoms with Crippen LogP contribution in [0.4, 0.5) is 0 Å². The highest BCUT2D eigenvalue weighted by atomic mass is 35.5. The largest absolute Gasteiger partial charge is 0.508 e. The number of nitrogens with one attached hydrogen (secondary N) is 1. The molecule has 0 saturated heterocycles. The summed E-state index contributed by atoms with van der Waals surface area (Å²) in [5.74, 6) is -0.0899. The molecule has 2 atom stereocenters. The second-order valence-electron chi connectivity index (χ2n) is 4.10. The Morgan fingerprint density at radius 3 is 2.65 bits per heavy atom. The van der Waals surface area contributed by atoms with Crippen molar-refractivity contribution < 1.29 is 15.0 Å². The van der Waals surface area contributed by atoms with Crippen LogP contribution in [0.25, 0.3) is 0 Å². The number of carbonyl (C=O) groups is 1. The molecule has 0 heterocycles. The highest BCUT2D eigenvalue weighted by Gasteiger charge is 2.17. The third-order valence-corrected chi connectivity index (χ3v) is 3.17. The van der Waals surface area contributed by atoms with E-state index in [1.165, 1.54) is 18.2 Å². The summed E-state index contributed by atoms with van der Waals surface area (Å²) < 4.78 is 0. The van der Waals surface area contributed by atoms with Crippen molar-refractivity contribution in [3.63, 3.8) is 0 Å². The number of aromatic hydroxyl groups is 2. The molecular formula is C12H16ClNO3. The topological polar surface area (TPSA) is 69.6 Å². The van der Waals surface area contributed by atoms with Crippen LogP contribution in [-0.2, 0) is 0 Å². The van der Waals surface area contributed by atoms with Gasteiger partial charge in [-0.25, -0.2) is 0 Å². The summed E-state index contributed by atoms with van der Waals surface area (Å²) in [6.45, 7) is 3.76. The maximum absolute atomic E-state index is 11.8. The van der Waals surface area contributed by atoms with E-state index in [0.29, 0.717) is 5.88 Å². The van der Waals surface area contributed by atoms with Crippen molar-refractivity contribution in [2.75, 3.05) is 5.88 Å². The SMILES string of the molecule is CC(CCl)C(C)NC(=O)c1cc(O)ccc1O. The summed E-state index contributed by atoms with van der Waals surface area (Å²) in [4.78, 5) is 11.8. The van der Waals surface area contributed by atoms with Crippen molar-refractivity contribution in [2.24, 2.45) is 5.92 Å². The standard InChI is InChI=1S/C12H16ClNO3/c1-7(6-13)8(2)14-12(17)10-5-9(15)3-4-11(10)16/h3-5,7-8,15-16H,6H2,1-2H3,(H,14,17). The average Bonchev–Trinajstić information content (AvgIpc) is 2.30. The second kappa shape index (κ2) is 5.77. The van der Waals surface area contributed by atoms with Crippen molar-refractivity contribution in [1.29, 1.82) is 0 Å². The molecule has 17 heavy (non-hydrogen) atoms. The van der Waals surface area contributed by atoms with E-state index in [1.807, 2.05) is 13.8 Å². The van der Waals surface area contributed by atoms with Crippen molar-refractivity contribution in [3.8, 4) is 11.5 Å². The molecule has 1 rings (SSSR count). The Hall–Kier alpha value is -1.42. The molecule has 0 saturated carbocycles. The van der Waals surface area contributed by atoms with Gasteiger partial charge in [0, 0.05) is 11.9 Å². The minimum absolute atomic E-state index is 0.0543. The quantitative estimate of drug-likeness (QED) is 0.571. The fourth-order valence-corrected chi connectivity index (χ4v) is 1.53. The highest BCUT2D eigenvalue weighted by molar-refractivity contribution is 6.18. The van der Waals surface area contributed by atoms with Crippen molar-refractivity contribution >= 4 is 17.5 Å². The Kier molecular flexibility index (Phi) is 4.63. The molecule has 0 bridgehead atoms. The van der Waals surface area contributed by atoms with Crippen LogP contribution in [0.1, 0.15) is 24.2 Å². The Labute approximate surface area is 105 Å². The Morgan fingerprint density at radius 1 is 1.41 bits per heavy atom. The first kappa shape index (κ1) is 13.6. The normalized spacial score (nSPS) is 14.1. The van der Waals surface area contributed by atoms with Gasteiger partial charge in [0.15, 0.2) is 0 Å². The number of halogens is 1. The number of phenols is 2. The lowest BCUT2D eigenvalue weighted by atomic mass is 10.1. The first-order valence-corrected chi connectivity index (χ1v) is 5.88. The Balaban J connectivity index is 2.79. The smallest absolute Gasteiger partial charge is 0.255 e. The zero-order chi connectivity index (χ0) is 13.0. The van der Waals surface area contributed by atoms with Gasteiger partial charge in [-0.2, -0.15) is 0 Å². The van der Waals surface area contributed by atoms with Crippen LogP contribution in [-0.4, -0.2) is 28.0 Å². The van der Waals surface area contributed by atoms with Crippen LogP contribution in [0.5, 0.6) is 11.5 Å². The predicted octanol–water partition coefficient (Wildman–Crippen LogP) is 2.09. The average molecular weight is 258 g/mol. The number of phenolic OH excluding ortho intramolecular Hbond substituents is 2. The lowest BCUT2D eigenvalue weighted by Gasteiger charge is -2.19. The first-order chi connectivity index (χ1) is 7.95. The van der Waals surface area contributed by atoms with Gasteiger partial charge < -0.3 is 15.5 Å². The van der Waals surface area contributed by atoms with E-state index in [2.05, 4.69) is 5.32 Å². The molecule has 0 aliphatic heterocycles. The summed E-state index contributed by atoms with van der Waals surface area (Å²) in [5, 5.41) is 21.5. The van der Waals surface area contributed by atoms with Crippen LogP contribution in [0.3, 0.4) is 0 Å². The number of carbonyl (C=O) groups excluding carboxylic acids is 1. The maximum Gasteiger partial charge on any atom is 0.255 e. The lowest BCUT2D eigenvalue weighted by molar-refractivity contribution is 0.0928. The maximum atomic E-state index is 11.8. The highest BCUT2D eigenvalue weighted by Crippen LogP contribution is 2.22. The zero-order valence-corrected chi connectivity index (χ0v) is 10.5. The number of amides is 1. The monoisotopic (exact) mass is 257 g/mol. The lowest BCUT2D eigenvalue weighted by Crippen LogP contribution is -2.37. The molecular weight excluding hydrogens is 242 g/mol. The number of benzene rings is 1. The van der Waals surface area contributed by atoms with Crippen LogP contribution >= 0.6 is 11.6 Å². The first-order valence-electron chi connectivity index (χ1n) is 5.34. The van der Waals surface area contributed by atoms with Crippen LogP contribution in [0, 0.1) is 5.92 Å². The molecule has 0 fully saturated rings. The fourth-order valence-electron chi connectivity index (χ4n) is 1.27. The molecule has 4 nitrogen and oxygen atoms in total. The third-order valence-electron chi connectivity index (χ3n) is 2.68. The molecule has 94 valence electrons. The summed E-state index contributed by atoms with van der Waals surface area (Å²) in [5.41, 5.74) is 0.0543. The van der Waals surface area contributed by atoms with E-state index in [0.717, 1.165) is 0 Å². The van der Waals surface area contributed by atoms with Gasteiger partial charge in [-0.05, 0) is 31.0 Å². The molecule has 0 aromatic heterocycles. The molecule has 0 aliphatic rings. The van der Waals surface area contributed by atoms with E-state index in [4.69, 9.17) is 11.6 Å². The molecule has 1 aromatic rings. The molecule has 1 amide bonds. The van der Waals surface area contributed by atoms with Crippen molar-refractivity contribution in [1.82, 2.24) is 5.32 Å². The molecule has 3 N–H and O–H groups in total. The van der Waals surface area contributed by atoms with E-state index in [-0.39, 0.29) is 29.0 Å². The predicted molar refractivity (Wildman–Crippen MR) is 66.6 cm³/mol. The molecule has 0 aliphatic carbocycles. The van der Waals surface area contributed by atoms with Gasteiger partial charge >= 0.3 is 0 Å². The Morgan fingerprint density at radius 2 is 2.06 bits per heavy atom. The Bertz CT molecular complexity index is 409. The van der Waals surface area contributed by atoms with Crippen molar-refractivity contribution in [3.05, 3.63) is 23.8 Å². The number of hydrogen-bond donors (Lipinski definition) is 3. The minimum atomic E-state index is -0.428. The zero-order valence-electron chi connectivity index (χ0n) is 9.77. The summed E-state index contributed by atoms with van der Waals surface area (Å²) in [6.07, 6.45) is 0. The fraction of sp³-hybridized carbons (Fsp3) is 0.417. The molecule has 5 heteroatoms. The molecule has 0 radical (unpaired) electrons. The van der Waals surface area contributed by atoms with Gasteiger partial charge in [0.25, 0.3) is 5.91 Å². The van der Waals surface area contributed by atoms with Gasteiger partial charge in [-0.15, -0.1) is 11.6 Å². The second-order valence-corrected chi connectivity index (χ2v) is 4.40. The van der Waals surface area contributed by atoms with Crippen LogP contribution in [0.15, 0.2) is 18.2 Å². The summed E-state index contributed by atoms with van der Waals surface area (Å²) in [7, 11) is 0. The molecule has 1 aromatic carbocycles. The molecule has 0 spiro atoms. The van der Waals surface area contributed by atoms with E-state index in [1.54, 1.807) is 0 Å². The number of alkyl halides is 1. The van der Waals surface area contributed by atoms with Gasteiger partial charge in [0.2, 0.25) is 0 Å². The van der Waals surface area contributed by atoms with E-state index < -0.39 is 5.91 Å². The molecule has 2 unspecified atom stereocenters. The van der Waals surface area contributed by atoms with E-state index >= 15 is 0 Å². The van der Waals surface area contributed by atoms with Gasteiger partial charge in [0.05, 0.1) is 5.56 Å². The minimum Gasteiger partial charge on any atom is -0.508 e. The van der Waals surface area contributed by atoms with Gasteiger partial charge in [-0.3, -0.25) is 4.79 Å². The van der Waals surface area contributed by atoms with E-state index in [9.17, 15) is 15.0 Å². The number of rotatable bonds is 4. The summed E-state index contributed by atoms with van der Waals surface area (Å²) >= 11 is 5.69. The third kappa shape index (κ3) is 3.53.